The number of carbonyl (C=O) groups is 2. The van der Waals surface area contributed by atoms with Crippen LogP contribution in [0.1, 0.15) is 18.4 Å². The zero-order valence-corrected chi connectivity index (χ0v) is 12.1. The van der Waals surface area contributed by atoms with Crippen LogP contribution >= 0.6 is 0 Å². The van der Waals surface area contributed by atoms with E-state index in [0.29, 0.717) is 13.0 Å². The molecule has 5 heteroatoms. The molecule has 0 aliphatic heterocycles. The van der Waals surface area contributed by atoms with E-state index in [0.717, 1.165) is 18.4 Å². The van der Waals surface area contributed by atoms with Crippen LogP contribution in [0.5, 0.6) is 0 Å². The van der Waals surface area contributed by atoms with Gasteiger partial charge in [0.1, 0.15) is 0 Å². The first-order valence-electron chi connectivity index (χ1n) is 7.26. The number of aryl methyl sites for hydroxylation is 1. The van der Waals surface area contributed by atoms with Crippen LogP contribution in [0, 0.1) is 0 Å². The van der Waals surface area contributed by atoms with Crippen LogP contribution in [0.4, 0.5) is 0 Å². The van der Waals surface area contributed by atoms with E-state index in [1.54, 1.807) is 0 Å². The maximum atomic E-state index is 11.6. The molecule has 0 unspecified atom stereocenters. The summed E-state index contributed by atoms with van der Waals surface area (Å²) >= 11 is 0. The van der Waals surface area contributed by atoms with Gasteiger partial charge in [0.25, 0.3) is 0 Å². The second kappa shape index (κ2) is 5.60. The molecule has 1 saturated carbocycles. The smallest absolute Gasteiger partial charge is 0.309 e. The average Bonchev–Trinajstić information content (AvgIpc) is 3.21. The third kappa shape index (κ3) is 3.24. The van der Waals surface area contributed by atoms with E-state index in [1.807, 2.05) is 13.2 Å². The third-order valence-electron chi connectivity index (χ3n) is 3.77. The lowest BCUT2D eigenvalue weighted by Crippen LogP contribution is -2.41. The first-order valence-corrected chi connectivity index (χ1v) is 7.26. The van der Waals surface area contributed by atoms with Crippen molar-refractivity contribution in [2.75, 3.05) is 6.54 Å². The van der Waals surface area contributed by atoms with E-state index < -0.39 is 11.8 Å². The summed E-state index contributed by atoms with van der Waals surface area (Å²) in [4.78, 5) is 23.1. The Labute approximate surface area is 123 Å². The molecule has 0 bridgehead atoms. The van der Waals surface area contributed by atoms with Crippen molar-refractivity contribution in [3.63, 3.8) is 0 Å². The molecule has 1 aliphatic rings. The number of hydrogen-bond acceptors (Lipinski definition) is 2. The van der Waals surface area contributed by atoms with Gasteiger partial charge in [0, 0.05) is 31.3 Å². The normalized spacial score (nSPS) is 14.1. The van der Waals surface area contributed by atoms with Crippen molar-refractivity contribution in [1.82, 2.24) is 15.2 Å². The topological polar surface area (TPSA) is 63.1 Å². The zero-order valence-electron chi connectivity index (χ0n) is 12.1. The van der Waals surface area contributed by atoms with Crippen molar-refractivity contribution in [2.45, 2.75) is 25.3 Å². The lowest BCUT2D eigenvalue weighted by molar-refractivity contribution is -0.139. The standard InChI is InChI=1S/C16H19N3O2/c1-19-9-7-12-10-11(2-5-14(12)19)6-8-17-15(20)16(21)18-13-3-4-13/h2,5,7,9-10,13H,3-4,6,8H2,1H3,(H,17,20)(H,18,21). The first-order chi connectivity index (χ1) is 10.1. The molecule has 0 atom stereocenters. The molecule has 0 radical (unpaired) electrons. The molecule has 110 valence electrons. The van der Waals surface area contributed by atoms with Gasteiger partial charge in [-0.05, 0) is 48.4 Å². The molecule has 1 aliphatic carbocycles. The molecular formula is C16H19N3O2. The van der Waals surface area contributed by atoms with Crippen molar-refractivity contribution in [3.05, 3.63) is 36.0 Å². The van der Waals surface area contributed by atoms with Crippen LogP contribution in [0.15, 0.2) is 30.5 Å². The van der Waals surface area contributed by atoms with Gasteiger partial charge in [0.05, 0.1) is 0 Å². The SMILES string of the molecule is Cn1ccc2cc(CCNC(=O)C(=O)NC3CC3)ccc21. The summed E-state index contributed by atoms with van der Waals surface area (Å²) in [5.41, 5.74) is 2.34. The minimum absolute atomic E-state index is 0.212. The van der Waals surface area contributed by atoms with Crippen LogP contribution in [0.25, 0.3) is 10.9 Å². The Bertz CT molecular complexity index is 686. The third-order valence-corrected chi connectivity index (χ3v) is 3.77. The maximum absolute atomic E-state index is 11.6. The van der Waals surface area contributed by atoms with E-state index in [9.17, 15) is 9.59 Å². The molecule has 2 N–H and O–H groups in total. The molecule has 0 saturated heterocycles. The molecule has 0 spiro atoms. The monoisotopic (exact) mass is 285 g/mol. The van der Waals surface area contributed by atoms with Crippen molar-refractivity contribution in [3.8, 4) is 0 Å². The molecule has 2 aromatic rings. The molecule has 1 fully saturated rings. The van der Waals surface area contributed by atoms with Crippen molar-refractivity contribution in [2.24, 2.45) is 7.05 Å². The fourth-order valence-corrected chi connectivity index (χ4v) is 2.37. The van der Waals surface area contributed by atoms with E-state index >= 15 is 0 Å². The maximum Gasteiger partial charge on any atom is 0.309 e. The zero-order chi connectivity index (χ0) is 14.8. The fraction of sp³-hybridized carbons (Fsp3) is 0.375. The lowest BCUT2D eigenvalue weighted by Gasteiger charge is -2.06. The van der Waals surface area contributed by atoms with Crippen LogP contribution in [-0.4, -0.2) is 29.0 Å². The van der Waals surface area contributed by atoms with Crippen molar-refractivity contribution in [1.29, 1.82) is 0 Å². The van der Waals surface area contributed by atoms with E-state index in [-0.39, 0.29) is 6.04 Å². The summed E-state index contributed by atoms with van der Waals surface area (Å²) in [7, 11) is 2.01. The summed E-state index contributed by atoms with van der Waals surface area (Å²) < 4.78 is 2.07. The highest BCUT2D eigenvalue weighted by molar-refractivity contribution is 6.35. The number of aromatic nitrogens is 1. The van der Waals surface area contributed by atoms with Gasteiger partial charge in [-0.1, -0.05) is 6.07 Å². The van der Waals surface area contributed by atoms with Gasteiger partial charge in [-0.3, -0.25) is 9.59 Å². The summed E-state index contributed by atoms with van der Waals surface area (Å²) in [6.07, 6.45) is 4.71. The Morgan fingerprint density at radius 2 is 2.05 bits per heavy atom. The van der Waals surface area contributed by atoms with Crippen LogP contribution in [0.3, 0.4) is 0 Å². The van der Waals surface area contributed by atoms with Crippen molar-refractivity contribution < 1.29 is 9.59 Å². The minimum atomic E-state index is -0.539. The fourth-order valence-electron chi connectivity index (χ4n) is 2.37. The van der Waals surface area contributed by atoms with Gasteiger partial charge in [-0.15, -0.1) is 0 Å². The molecule has 5 nitrogen and oxygen atoms in total. The van der Waals surface area contributed by atoms with Gasteiger partial charge >= 0.3 is 11.8 Å². The molecular weight excluding hydrogens is 266 g/mol. The molecule has 3 rings (SSSR count). The Kier molecular flexibility index (Phi) is 3.64. The Morgan fingerprint density at radius 3 is 2.81 bits per heavy atom. The summed E-state index contributed by atoms with van der Waals surface area (Å²) in [5, 5.41) is 6.52. The van der Waals surface area contributed by atoms with E-state index in [1.165, 1.54) is 10.9 Å². The van der Waals surface area contributed by atoms with Gasteiger partial charge < -0.3 is 15.2 Å². The molecule has 1 heterocycles. The number of hydrogen-bond donors (Lipinski definition) is 2. The van der Waals surface area contributed by atoms with Gasteiger partial charge in [0.15, 0.2) is 0 Å². The summed E-state index contributed by atoms with van der Waals surface area (Å²) in [5.74, 6) is -1.06. The Hall–Kier alpha value is -2.30. The van der Waals surface area contributed by atoms with Gasteiger partial charge in [-0.25, -0.2) is 0 Å². The number of rotatable bonds is 4. The van der Waals surface area contributed by atoms with Crippen LogP contribution in [0.2, 0.25) is 0 Å². The molecule has 21 heavy (non-hydrogen) atoms. The number of benzene rings is 1. The number of amides is 2. The number of carbonyl (C=O) groups excluding carboxylic acids is 2. The summed E-state index contributed by atoms with van der Waals surface area (Å²) in [6, 6.07) is 8.53. The van der Waals surface area contributed by atoms with Gasteiger partial charge in [-0.2, -0.15) is 0 Å². The predicted molar refractivity (Wildman–Crippen MR) is 80.8 cm³/mol. The van der Waals surface area contributed by atoms with Crippen LogP contribution in [-0.2, 0) is 23.1 Å². The number of fused-ring (bicyclic) bond motifs is 1. The second-order valence-electron chi connectivity index (χ2n) is 5.57. The minimum Gasteiger partial charge on any atom is -0.351 e. The quantitative estimate of drug-likeness (QED) is 0.827. The highest BCUT2D eigenvalue weighted by Gasteiger charge is 2.26. The Morgan fingerprint density at radius 1 is 1.24 bits per heavy atom. The molecule has 2 amide bonds. The Balaban J connectivity index is 1.51. The van der Waals surface area contributed by atoms with Crippen LogP contribution < -0.4 is 10.6 Å². The highest BCUT2D eigenvalue weighted by atomic mass is 16.2. The van der Waals surface area contributed by atoms with Gasteiger partial charge in [0.2, 0.25) is 0 Å². The largest absolute Gasteiger partial charge is 0.351 e. The number of nitrogens with one attached hydrogen (secondary N) is 2. The lowest BCUT2D eigenvalue weighted by atomic mass is 10.1. The van der Waals surface area contributed by atoms with E-state index in [2.05, 4.69) is 39.5 Å². The first kappa shape index (κ1) is 13.7. The average molecular weight is 285 g/mol. The number of nitrogens with zero attached hydrogens (tertiary/aromatic N) is 1. The highest BCUT2D eigenvalue weighted by Crippen LogP contribution is 2.18. The second-order valence-corrected chi connectivity index (χ2v) is 5.57. The summed E-state index contributed by atoms with van der Waals surface area (Å²) in [6.45, 7) is 0.468. The van der Waals surface area contributed by atoms with E-state index in [4.69, 9.17) is 0 Å². The molecule has 1 aromatic heterocycles. The predicted octanol–water partition coefficient (Wildman–Crippen LogP) is 1.12. The molecule has 1 aromatic carbocycles. The van der Waals surface area contributed by atoms with Crippen molar-refractivity contribution >= 4 is 22.7 Å².